The molecular weight excluding hydrogens is 417 g/mol. The highest BCUT2D eigenvalue weighted by Gasteiger charge is 2.44. The molecule has 0 spiro atoms. The molecule has 2 heterocycles. The number of aromatic nitrogens is 1. The van der Waals surface area contributed by atoms with Gasteiger partial charge in [-0.25, -0.2) is 4.39 Å². The van der Waals surface area contributed by atoms with Gasteiger partial charge in [-0.2, -0.15) is 0 Å². The molecule has 1 saturated heterocycles. The predicted molar refractivity (Wildman–Crippen MR) is 116 cm³/mol. The van der Waals surface area contributed by atoms with E-state index < -0.39 is 42.9 Å². The van der Waals surface area contributed by atoms with Crippen LogP contribution in [0.5, 0.6) is 5.75 Å². The van der Waals surface area contributed by atoms with Crippen molar-refractivity contribution in [1.82, 2.24) is 4.57 Å². The van der Waals surface area contributed by atoms with Gasteiger partial charge in [0.05, 0.1) is 18.2 Å². The minimum Gasteiger partial charge on any atom is -0.491 e. The fraction of sp³-hybridized carbons (Fsp3) is 0.417. The SMILES string of the molecule is CC(C)Oc1ccc(Cn2cc([C@@H]3O[C@H](CO)[C@@H](O)[C@H](O)[C@H]3O)c3ccc(F)cc32)cc1. The molecule has 0 saturated carbocycles. The molecule has 0 amide bonds. The van der Waals surface area contributed by atoms with Gasteiger partial charge in [0.25, 0.3) is 0 Å². The van der Waals surface area contributed by atoms with Gasteiger partial charge in [0.1, 0.15) is 42.1 Å². The van der Waals surface area contributed by atoms with Crippen LogP contribution in [0.4, 0.5) is 4.39 Å². The molecule has 4 N–H and O–H groups in total. The molecule has 0 aliphatic carbocycles. The molecule has 3 aromatic rings. The standard InChI is InChI=1S/C24H28FNO6/c1-13(2)31-16-6-3-14(4-7-16)10-26-11-18(17-8-5-15(25)9-19(17)26)24-23(30)22(29)21(28)20(12-27)32-24/h3-9,11,13,20-24,27-30H,10,12H2,1-2H3/t20-,21-,22+,23-,24+/m1/s1. The summed E-state index contributed by atoms with van der Waals surface area (Å²) in [5.74, 6) is 0.354. The molecule has 1 fully saturated rings. The third-order valence-corrected chi connectivity index (χ3v) is 5.72. The predicted octanol–water partition coefficient (Wildman–Crippen LogP) is 2.13. The van der Waals surface area contributed by atoms with Crippen molar-refractivity contribution >= 4 is 10.9 Å². The van der Waals surface area contributed by atoms with Crippen molar-refractivity contribution in [3.8, 4) is 5.75 Å². The lowest BCUT2D eigenvalue weighted by atomic mass is 9.91. The second-order valence-electron chi connectivity index (χ2n) is 8.43. The van der Waals surface area contributed by atoms with E-state index in [2.05, 4.69) is 0 Å². The highest BCUT2D eigenvalue weighted by atomic mass is 19.1. The van der Waals surface area contributed by atoms with Gasteiger partial charge in [-0.05, 0) is 49.7 Å². The van der Waals surface area contributed by atoms with Crippen LogP contribution in [-0.4, -0.2) is 62.1 Å². The Morgan fingerprint density at radius 1 is 1.03 bits per heavy atom. The van der Waals surface area contributed by atoms with E-state index in [1.165, 1.54) is 12.1 Å². The Kier molecular flexibility index (Phi) is 6.50. The van der Waals surface area contributed by atoms with E-state index in [1.54, 1.807) is 12.3 Å². The monoisotopic (exact) mass is 445 g/mol. The van der Waals surface area contributed by atoms with Crippen LogP contribution in [0.25, 0.3) is 10.9 Å². The van der Waals surface area contributed by atoms with Gasteiger partial charge >= 0.3 is 0 Å². The Morgan fingerprint density at radius 2 is 1.75 bits per heavy atom. The van der Waals surface area contributed by atoms with Crippen LogP contribution in [0.15, 0.2) is 48.7 Å². The molecule has 1 aliphatic heterocycles. The molecule has 0 unspecified atom stereocenters. The molecule has 7 nitrogen and oxygen atoms in total. The smallest absolute Gasteiger partial charge is 0.125 e. The zero-order valence-electron chi connectivity index (χ0n) is 17.9. The van der Waals surface area contributed by atoms with Crippen molar-refractivity contribution in [2.75, 3.05) is 6.61 Å². The van der Waals surface area contributed by atoms with Crippen LogP contribution in [-0.2, 0) is 11.3 Å². The third kappa shape index (κ3) is 4.37. The zero-order chi connectivity index (χ0) is 23.0. The molecule has 1 aromatic heterocycles. The van der Waals surface area contributed by atoms with Gasteiger partial charge in [-0.15, -0.1) is 0 Å². The molecule has 4 rings (SSSR count). The minimum absolute atomic E-state index is 0.0679. The maximum atomic E-state index is 14.1. The number of rotatable bonds is 6. The summed E-state index contributed by atoms with van der Waals surface area (Å²) in [5, 5.41) is 41.0. The number of halogens is 1. The van der Waals surface area contributed by atoms with Crippen LogP contribution in [0.3, 0.4) is 0 Å². The topological polar surface area (TPSA) is 104 Å². The van der Waals surface area contributed by atoms with Gasteiger partial charge in [0, 0.05) is 23.7 Å². The van der Waals surface area contributed by atoms with E-state index in [0.717, 1.165) is 11.3 Å². The van der Waals surface area contributed by atoms with Crippen LogP contribution in [0.2, 0.25) is 0 Å². The van der Waals surface area contributed by atoms with Crippen LogP contribution in [0, 0.1) is 5.82 Å². The number of hydrogen-bond acceptors (Lipinski definition) is 6. The maximum Gasteiger partial charge on any atom is 0.125 e. The quantitative estimate of drug-likeness (QED) is 0.464. The summed E-state index contributed by atoms with van der Waals surface area (Å²) in [6.07, 6.45) is -4.55. The number of benzene rings is 2. The first-order chi connectivity index (χ1) is 15.3. The second-order valence-corrected chi connectivity index (χ2v) is 8.43. The number of hydrogen-bond donors (Lipinski definition) is 4. The lowest BCUT2D eigenvalue weighted by Gasteiger charge is -2.40. The first kappa shape index (κ1) is 22.7. The highest BCUT2D eigenvalue weighted by Crippen LogP contribution is 2.37. The summed E-state index contributed by atoms with van der Waals surface area (Å²) in [7, 11) is 0. The maximum absolute atomic E-state index is 14.1. The van der Waals surface area contributed by atoms with Crippen molar-refractivity contribution in [3.63, 3.8) is 0 Å². The lowest BCUT2D eigenvalue weighted by Crippen LogP contribution is -2.55. The van der Waals surface area contributed by atoms with Gasteiger partial charge in [0.15, 0.2) is 0 Å². The summed E-state index contributed by atoms with van der Waals surface area (Å²) in [6.45, 7) is 3.82. The molecule has 1 aliphatic rings. The van der Waals surface area contributed by atoms with Crippen LogP contribution >= 0.6 is 0 Å². The number of fused-ring (bicyclic) bond motifs is 1. The van der Waals surface area contributed by atoms with E-state index in [0.29, 0.717) is 23.0 Å². The van der Waals surface area contributed by atoms with Gasteiger partial charge in [-0.1, -0.05) is 12.1 Å². The Hall–Kier alpha value is -2.49. The molecule has 172 valence electrons. The van der Waals surface area contributed by atoms with E-state index in [4.69, 9.17) is 9.47 Å². The van der Waals surface area contributed by atoms with Crippen molar-refractivity contribution in [3.05, 3.63) is 65.6 Å². The fourth-order valence-electron chi connectivity index (χ4n) is 4.15. The summed E-state index contributed by atoms with van der Waals surface area (Å²) in [6, 6.07) is 11.9. The average molecular weight is 445 g/mol. The lowest BCUT2D eigenvalue weighted by molar-refractivity contribution is -0.231. The summed E-state index contributed by atoms with van der Waals surface area (Å²) >= 11 is 0. The average Bonchev–Trinajstić information content (AvgIpc) is 3.10. The summed E-state index contributed by atoms with van der Waals surface area (Å²) in [5.41, 5.74) is 2.10. The van der Waals surface area contributed by atoms with Crippen LogP contribution in [0.1, 0.15) is 31.1 Å². The molecule has 32 heavy (non-hydrogen) atoms. The molecule has 2 aromatic carbocycles. The van der Waals surface area contributed by atoms with E-state index in [1.807, 2.05) is 42.7 Å². The van der Waals surface area contributed by atoms with Crippen molar-refractivity contribution < 1.29 is 34.3 Å². The Morgan fingerprint density at radius 3 is 2.41 bits per heavy atom. The van der Waals surface area contributed by atoms with E-state index in [-0.39, 0.29) is 6.10 Å². The highest BCUT2D eigenvalue weighted by molar-refractivity contribution is 5.84. The largest absolute Gasteiger partial charge is 0.491 e. The molecule has 8 heteroatoms. The first-order valence-electron chi connectivity index (χ1n) is 10.6. The summed E-state index contributed by atoms with van der Waals surface area (Å²) < 4.78 is 27.3. The number of nitrogens with zero attached hydrogens (tertiary/aromatic N) is 1. The summed E-state index contributed by atoms with van der Waals surface area (Å²) in [4.78, 5) is 0. The Balaban J connectivity index is 1.70. The number of aliphatic hydroxyl groups excluding tert-OH is 4. The van der Waals surface area contributed by atoms with Crippen molar-refractivity contribution in [2.45, 2.75) is 57.0 Å². The normalized spacial score (nSPS) is 26.1. The first-order valence-corrected chi connectivity index (χ1v) is 10.6. The molecule has 0 radical (unpaired) electrons. The van der Waals surface area contributed by atoms with Crippen LogP contribution < -0.4 is 4.74 Å². The fourth-order valence-corrected chi connectivity index (χ4v) is 4.15. The van der Waals surface area contributed by atoms with E-state index >= 15 is 0 Å². The minimum atomic E-state index is -1.49. The zero-order valence-corrected chi connectivity index (χ0v) is 17.9. The number of ether oxygens (including phenoxy) is 2. The third-order valence-electron chi connectivity index (χ3n) is 5.72. The number of aliphatic hydroxyl groups is 4. The molecule has 0 bridgehead atoms. The van der Waals surface area contributed by atoms with Crippen molar-refractivity contribution in [2.24, 2.45) is 0 Å². The van der Waals surface area contributed by atoms with Gasteiger partial charge < -0.3 is 34.5 Å². The van der Waals surface area contributed by atoms with E-state index in [9.17, 15) is 24.8 Å². The van der Waals surface area contributed by atoms with Crippen molar-refractivity contribution in [1.29, 1.82) is 0 Å². The molecular formula is C24H28FNO6. The van der Waals surface area contributed by atoms with Gasteiger partial charge in [0.2, 0.25) is 0 Å². The Bertz CT molecular complexity index is 1060. The molecule has 5 atom stereocenters. The van der Waals surface area contributed by atoms with Gasteiger partial charge in [-0.3, -0.25) is 0 Å². The Labute approximate surface area is 185 Å². The second kappa shape index (κ2) is 9.17.